The number of H-pyrrole nitrogens is 1. The van der Waals surface area contributed by atoms with Gasteiger partial charge in [0.2, 0.25) is 5.95 Å². The molecule has 12 nitrogen and oxygen atoms in total. The van der Waals surface area contributed by atoms with Gasteiger partial charge in [0.15, 0.2) is 23.9 Å². The quantitative estimate of drug-likeness (QED) is 0.623. The number of phosphoric acid groups is 1. The predicted octanol–water partition coefficient (Wildman–Crippen LogP) is -0.470. The highest BCUT2D eigenvalue weighted by Gasteiger charge is 2.56. The van der Waals surface area contributed by atoms with E-state index in [2.05, 4.69) is 15.3 Å². The summed E-state index contributed by atoms with van der Waals surface area (Å²) in [5.41, 5.74) is -0.169. The van der Waals surface area contributed by atoms with Crippen molar-refractivity contribution in [2.45, 2.75) is 24.5 Å². The smallest absolute Gasteiger partial charge is 0.359 e. The highest BCUT2D eigenvalue weighted by atomic mass is 31.2. The summed E-state index contributed by atoms with van der Waals surface area (Å²) >= 11 is 0. The van der Waals surface area contributed by atoms with Gasteiger partial charge in [-0.1, -0.05) is 0 Å². The third-order valence-electron chi connectivity index (χ3n) is 4.96. The summed E-state index contributed by atoms with van der Waals surface area (Å²) in [5, 5.41) is 2.79. The Balaban J connectivity index is 1.76. The van der Waals surface area contributed by atoms with Crippen LogP contribution in [0.3, 0.4) is 0 Å². The van der Waals surface area contributed by atoms with Crippen LogP contribution in [0, 0.1) is 0 Å². The molecule has 0 saturated carbocycles. The molecule has 1 aromatic rings. The molecule has 2 N–H and O–H groups in total. The van der Waals surface area contributed by atoms with Gasteiger partial charge < -0.3 is 19.9 Å². The zero-order chi connectivity index (χ0) is 19.5. The van der Waals surface area contributed by atoms with Gasteiger partial charge in [0.1, 0.15) is 17.8 Å². The number of carbonyl (C=O) groups excluding carboxylic acids is 1. The van der Waals surface area contributed by atoms with E-state index in [0.29, 0.717) is 11.8 Å². The Kier molecular flexibility index (Phi) is 4.28. The Morgan fingerprint density at radius 1 is 1.33 bits per heavy atom. The Hall–Kier alpha value is -1.98. The number of hydrogen-bond donors (Lipinski definition) is 2. The zero-order valence-corrected chi connectivity index (χ0v) is 16.1. The first kappa shape index (κ1) is 18.4. The fraction of sp³-hybridized carbons (Fsp3) is 0.643. The molecule has 2 fully saturated rings. The number of ether oxygens (including phenoxy) is 1. The highest BCUT2D eigenvalue weighted by Crippen LogP contribution is 2.54. The van der Waals surface area contributed by atoms with Crippen molar-refractivity contribution in [3.05, 3.63) is 10.4 Å². The minimum Gasteiger partial charge on any atom is -0.359 e. The number of ketones is 1. The second-order valence-corrected chi connectivity index (χ2v) is 8.15. The first-order chi connectivity index (χ1) is 12.8. The average molecular weight is 401 g/mol. The number of nitrogens with one attached hydrogen (secondary N) is 2. The topological polar surface area (TPSA) is 135 Å². The second-order valence-electron chi connectivity index (χ2n) is 6.42. The van der Waals surface area contributed by atoms with Crippen LogP contribution in [0.1, 0.15) is 0 Å². The van der Waals surface area contributed by atoms with Gasteiger partial charge >= 0.3 is 7.82 Å². The maximum Gasteiger partial charge on any atom is 0.475 e. The zero-order valence-electron chi connectivity index (χ0n) is 15.2. The number of fused-ring (bicyclic) bond motifs is 3. The van der Waals surface area contributed by atoms with E-state index in [1.165, 1.54) is 12.0 Å². The molecule has 4 heterocycles. The lowest BCUT2D eigenvalue weighted by Crippen LogP contribution is -2.69. The molecular weight excluding hydrogens is 381 g/mol. The predicted molar refractivity (Wildman–Crippen MR) is 94.1 cm³/mol. The molecular formula is C14H20N5O7P. The molecule has 148 valence electrons. The van der Waals surface area contributed by atoms with Crippen LogP contribution in [0.2, 0.25) is 0 Å². The van der Waals surface area contributed by atoms with Crippen molar-refractivity contribution in [3.8, 4) is 0 Å². The lowest BCUT2D eigenvalue weighted by atomic mass is 9.94. The molecule has 0 aliphatic carbocycles. The van der Waals surface area contributed by atoms with Crippen LogP contribution in [-0.4, -0.2) is 75.1 Å². The summed E-state index contributed by atoms with van der Waals surface area (Å²) in [6.07, 6.45) is -2.59. The number of carbonyl (C=O) groups is 1. The number of anilines is 3. The van der Waals surface area contributed by atoms with E-state index in [9.17, 15) is 14.2 Å². The summed E-state index contributed by atoms with van der Waals surface area (Å²) in [4.78, 5) is 35.8. The van der Waals surface area contributed by atoms with Crippen molar-refractivity contribution < 1.29 is 27.7 Å². The largest absolute Gasteiger partial charge is 0.475 e. The number of Topliss-reactive ketones (excluding diaryl/α,β-unsaturated/α-hetero) is 1. The first-order valence-electron chi connectivity index (χ1n) is 8.25. The van der Waals surface area contributed by atoms with Crippen LogP contribution < -0.4 is 20.7 Å². The van der Waals surface area contributed by atoms with Crippen LogP contribution in [0.4, 0.5) is 17.5 Å². The molecule has 0 radical (unpaired) electrons. The number of aromatic nitrogens is 2. The monoisotopic (exact) mass is 401 g/mol. The van der Waals surface area contributed by atoms with E-state index in [0.717, 1.165) is 0 Å². The molecule has 5 unspecified atom stereocenters. The fourth-order valence-corrected chi connectivity index (χ4v) is 4.68. The molecule has 5 atom stereocenters. The van der Waals surface area contributed by atoms with Crippen molar-refractivity contribution >= 4 is 31.1 Å². The third-order valence-corrected chi connectivity index (χ3v) is 6.35. The summed E-state index contributed by atoms with van der Waals surface area (Å²) in [5.74, 6) is 0.301. The standard InChI is InChI=1S/C14H20N5O7P/c1-15-14-16-11-8(12(21)17-14)18(2)7-9(20)10-6(25-13(7)19(11)3)5-24-27(22,23-4)26-10/h6-7,10,13H,5H2,1-4H3,(H2,15,16,17,21). The van der Waals surface area contributed by atoms with Crippen molar-refractivity contribution in [3.63, 3.8) is 0 Å². The van der Waals surface area contributed by atoms with E-state index in [-0.39, 0.29) is 18.1 Å². The van der Waals surface area contributed by atoms with Crippen molar-refractivity contribution in [2.24, 2.45) is 0 Å². The van der Waals surface area contributed by atoms with Gasteiger partial charge in [-0.3, -0.25) is 28.1 Å². The van der Waals surface area contributed by atoms with Gasteiger partial charge in [-0.05, 0) is 0 Å². The average Bonchev–Trinajstić information content (AvgIpc) is 2.66. The normalized spacial score (nSPS) is 35.3. The molecule has 3 aliphatic rings. The van der Waals surface area contributed by atoms with E-state index in [1.54, 1.807) is 26.0 Å². The van der Waals surface area contributed by atoms with Crippen LogP contribution in [-0.2, 0) is 27.7 Å². The maximum atomic E-state index is 13.1. The van der Waals surface area contributed by atoms with Crippen molar-refractivity contribution in [1.82, 2.24) is 9.97 Å². The van der Waals surface area contributed by atoms with Gasteiger partial charge in [0.05, 0.1) is 6.61 Å². The third kappa shape index (κ3) is 2.67. The van der Waals surface area contributed by atoms with Gasteiger partial charge in [0, 0.05) is 28.3 Å². The number of aromatic amines is 1. The molecule has 2 saturated heterocycles. The van der Waals surface area contributed by atoms with E-state index in [4.69, 9.17) is 18.3 Å². The summed E-state index contributed by atoms with van der Waals surface area (Å²) in [6, 6.07) is -0.851. The van der Waals surface area contributed by atoms with Gasteiger partial charge in [-0.25, -0.2) is 4.57 Å². The van der Waals surface area contributed by atoms with Crippen LogP contribution in [0.5, 0.6) is 0 Å². The van der Waals surface area contributed by atoms with E-state index >= 15 is 0 Å². The number of hydrogen-bond acceptors (Lipinski definition) is 11. The SMILES string of the molecule is CNc1nc2c(c(=O)[nH]1)N(C)C1C(=O)C3OP(=O)(OC)OCC3OC1N2C. The number of rotatable bonds is 2. The Bertz CT molecular complexity index is 891. The Morgan fingerprint density at radius 2 is 2.07 bits per heavy atom. The molecule has 0 aromatic carbocycles. The molecule has 13 heteroatoms. The maximum absolute atomic E-state index is 13.1. The summed E-state index contributed by atoms with van der Waals surface area (Å²) < 4.78 is 33.5. The van der Waals surface area contributed by atoms with Gasteiger partial charge in [0.25, 0.3) is 5.56 Å². The van der Waals surface area contributed by atoms with Gasteiger partial charge in [-0.2, -0.15) is 4.98 Å². The van der Waals surface area contributed by atoms with Crippen molar-refractivity contribution in [2.75, 3.05) is 50.0 Å². The van der Waals surface area contributed by atoms with Crippen LogP contribution in [0.15, 0.2) is 4.79 Å². The Labute approximate surface area is 154 Å². The first-order valence-corrected chi connectivity index (χ1v) is 9.71. The number of phosphoric ester groups is 1. The van der Waals surface area contributed by atoms with Crippen LogP contribution >= 0.6 is 7.82 Å². The van der Waals surface area contributed by atoms with E-state index in [1.807, 2.05) is 0 Å². The molecule has 1 aromatic heterocycles. The van der Waals surface area contributed by atoms with Crippen LogP contribution in [0.25, 0.3) is 0 Å². The summed E-state index contributed by atoms with van der Waals surface area (Å²) in [6.45, 7) is -0.111. The minimum atomic E-state index is -3.81. The number of nitrogens with zero attached hydrogens (tertiary/aromatic N) is 3. The Morgan fingerprint density at radius 3 is 2.74 bits per heavy atom. The molecule has 3 aliphatic heterocycles. The lowest BCUT2D eigenvalue weighted by molar-refractivity contribution is -0.175. The fourth-order valence-electron chi connectivity index (χ4n) is 3.58. The lowest BCUT2D eigenvalue weighted by Gasteiger charge is -2.51. The van der Waals surface area contributed by atoms with Gasteiger partial charge in [-0.15, -0.1) is 0 Å². The highest BCUT2D eigenvalue weighted by molar-refractivity contribution is 7.48. The molecule has 0 amide bonds. The van der Waals surface area contributed by atoms with Crippen molar-refractivity contribution in [1.29, 1.82) is 0 Å². The second kappa shape index (κ2) is 6.28. The summed E-state index contributed by atoms with van der Waals surface area (Å²) in [7, 11) is 2.30. The molecule has 0 spiro atoms. The minimum absolute atomic E-state index is 0.111. The molecule has 27 heavy (non-hydrogen) atoms. The molecule has 4 rings (SSSR count). The molecule has 0 bridgehead atoms. The number of likely N-dealkylation sites (N-methyl/N-ethyl adjacent to an activating group) is 2. The van der Waals surface area contributed by atoms with E-state index < -0.39 is 37.9 Å².